The molecule has 0 unspecified atom stereocenters. The van der Waals surface area contributed by atoms with E-state index in [2.05, 4.69) is 56.3 Å². The molecule has 0 saturated carbocycles. The van der Waals surface area contributed by atoms with Gasteiger partial charge < -0.3 is 4.74 Å². The quantitative estimate of drug-likeness (QED) is 0.273. The highest BCUT2D eigenvalue weighted by Gasteiger charge is 2.34. The van der Waals surface area contributed by atoms with Gasteiger partial charge in [-0.25, -0.2) is 0 Å². The van der Waals surface area contributed by atoms with E-state index >= 15 is 0 Å². The van der Waals surface area contributed by atoms with E-state index in [1.54, 1.807) is 24.3 Å². The molecule has 4 rings (SSSR count). The van der Waals surface area contributed by atoms with E-state index in [1.165, 1.54) is 27.2 Å². The van der Waals surface area contributed by atoms with E-state index < -0.39 is 0 Å². The summed E-state index contributed by atoms with van der Waals surface area (Å²) in [6.07, 6.45) is 4.46. The number of carbonyl (C=O) groups excluding carboxylic acids is 2. The highest BCUT2D eigenvalue weighted by atomic mass is 16.5. The molecule has 0 saturated heterocycles. The first kappa shape index (κ1) is 22.8. The third-order valence-electron chi connectivity index (χ3n) is 6.32. The van der Waals surface area contributed by atoms with Crippen LogP contribution in [0, 0.1) is 0 Å². The fourth-order valence-electron chi connectivity index (χ4n) is 4.54. The molecule has 0 N–H and O–H groups in total. The second-order valence-electron chi connectivity index (χ2n) is 8.37. The lowest BCUT2D eigenvalue weighted by atomic mass is 9.92. The number of amides is 2. The van der Waals surface area contributed by atoms with Crippen molar-refractivity contribution in [2.45, 2.75) is 46.0 Å². The maximum Gasteiger partial charge on any atom is 0.261 e. The molecule has 1 aliphatic rings. The Kier molecular flexibility index (Phi) is 7.23. The second-order valence-corrected chi connectivity index (χ2v) is 8.37. The number of unbranched alkanes of at least 4 members (excludes halogenated alkanes) is 2. The van der Waals surface area contributed by atoms with Gasteiger partial charge in [0.05, 0.1) is 17.7 Å². The monoisotopic (exact) mass is 441 g/mol. The Morgan fingerprint density at radius 2 is 1.27 bits per heavy atom. The molecule has 0 spiro atoms. The van der Waals surface area contributed by atoms with Crippen molar-refractivity contribution in [2.75, 3.05) is 13.2 Å². The van der Waals surface area contributed by atoms with Gasteiger partial charge in [-0.2, -0.15) is 0 Å². The number of rotatable bonds is 10. The Balaban J connectivity index is 1.34. The maximum absolute atomic E-state index is 12.5. The lowest BCUT2D eigenvalue weighted by molar-refractivity contribution is 0.0651. The van der Waals surface area contributed by atoms with Gasteiger partial charge in [0.1, 0.15) is 5.75 Å². The molecular formula is C29H31NO3. The van der Waals surface area contributed by atoms with E-state index in [0.717, 1.165) is 37.9 Å². The summed E-state index contributed by atoms with van der Waals surface area (Å²) in [6.45, 7) is 5.42. The Labute approximate surface area is 196 Å². The van der Waals surface area contributed by atoms with Gasteiger partial charge in [0.25, 0.3) is 11.8 Å². The minimum atomic E-state index is -0.178. The van der Waals surface area contributed by atoms with Crippen molar-refractivity contribution in [1.82, 2.24) is 4.90 Å². The average Bonchev–Trinajstić information content (AvgIpc) is 3.10. The first-order valence-corrected chi connectivity index (χ1v) is 11.9. The number of benzene rings is 3. The van der Waals surface area contributed by atoms with Crippen LogP contribution in [0.2, 0.25) is 0 Å². The predicted molar refractivity (Wildman–Crippen MR) is 132 cm³/mol. The smallest absolute Gasteiger partial charge is 0.261 e. The third kappa shape index (κ3) is 4.70. The van der Waals surface area contributed by atoms with Crippen molar-refractivity contribution >= 4 is 11.8 Å². The predicted octanol–water partition coefficient (Wildman–Crippen LogP) is 6.32. The third-order valence-corrected chi connectivity index (χ3v) is 6.32. The van der Waals surface area contributed by atoms with Crippen LogP contribution in [0.25, 0.3) is 11.1 Å². The van der Waals surface area contributed by atoms with Gasteiger partial charge in [-0.1, -0.05) is 62.4 Å². The number of ether oxygens (including phenoxy) is 1. The molecule has 0 radical (unpaired) electrons. The fraction of sp³-hybridized carbons (Fsp3) is 0.310. The van der Waals surface area contributed by atoms with E-state index in [4.69, 9.17) is 4.74 Å². The first-order chi connectivity index (χ1) is 16.2. The Bertz CT molecular complexity index is 1120. The van der Waals surface area contributed by atoms with Gasteiger partial charge in [-0.05, 0) is 67.0 Å². The summed E-state index contributed by atoms with van der Waals surface area (Å²) in [5.74, 6) is 0.570. The van der Waals surface area contributed by atoms with Crippen molar-refractivity contribution < 1.29 is 14.3 Å². The SMILES string of the molecule is CCc1ccccc1-c1c(CC)cccc1OCCCCCN1C(=O)c2ccccc2C1=O. The number of aryl methyl sites for hydroxylation is 2. The molecule has 4 heteroatoms. The van der Waals surface area contributed by atoms with Crippen LogP contribution >= 0.6 is 0 Å². The normalized spacial score (nSPS) is 12.8. The number of fused-ring (bicyclic) bond motifs is 1. The zero-order valence-electron chi connectivity index (χ0n) is 19.5. The van der Waals surface area contributed by atoms with Crippen molar-refractivity contribution in [1.29, 1.82) is 0 Å². The summed E-state index contributed by atoms with van der Waals surface area (Å²) in [5.41, 5.74) is 6.09. The molecule has 4 nitrogen and oxygen atoms in total. The number of imide groups is 1. The molecule has 0 aromatic heterocycles. The number of hydrogen-bond acceptors (Lipinski definition) is 3. The molecule has 0 bridgehead atoms. The molecule has 0 aliphatic carbocycles. The van der Waals surface area contributed by atoms with Gasteiger partial charge in [0, 0.05) is 12.1 Å². The highest BCUT2D eigenvalue weighted by molar-refractivity contribution is 6.21. The van der Waals surface area contributed by atoms with Gasteiger partial charge in [0.2, 0.25) is 0 Å². The van der Waals surface area contributed by atoms with Gasteiger partial charge in [0.15, 0.2) is 0 Å². The molecule has 3 aromatic carbocycles. The summed E-state index contributed by atoms with van der Waals surface area (Å²) in [5, 5.41) is 0. The molecule has 1 heterocycles. The van der Waals surface area contributed by atoms with Crippen LogP contribution in [-0.2, 0) is 12.8 Å². The van der Waals surface area contributed by atoms with Gasteiger partial charge in [-0.3, -0.25) is 14.5 Å². The zero-order valence-corrected chi connectivity index (χ0v) is 19.5. The summed E-state index contributed by atoms with van der Waals surface area (Å²) in [7, 11) is 0. The van der Waals surface area contributed by atoms with Crippen molar-refractivity contribution in [3.8, 4) is 16.9 Å². The van der Waals surface area contributed by atoms with Gasteiger partial charge in [-0.15, -0.1) is 0 Å². The number of carbonyl (C=O) groups is 2. The lowest BCUT2D eigenvalue weighted by Crippen LogP contribution is -2.30. The van der Waals surface area contributed by atoms with E-state index in [1.807, 2.05) is 0 Å². The van der Waals surface area contributed by atoms with Crippen LogP contribution in [0.15, 0.2) is 66.7 Å². The zero-order chi connectivity index (χ0) is 23.2. The topological polar surface area (TPSA) is 46.6 Å². The highest BCUT2D eigenvalue weighted by Crippen LogP contribution is 2.36. The molecule has 2 amide bonds. The Hall–Kier alpha value is -3.40. The molecule has 0 atom stereocenters. The number of nitrogens with zero attached hydrogens (tertiary/aromatic N) is 1. The summed E-state index contributed by atoms with van der Waals surface area (Å²) >= 11 is 0. The van der Waals surface area contributed by atoms with Crippen LogP contribution in [0.1, 0.15) is 65.0 Å². The first-order valence-electron chi connectivity index (χ1n) is 11.9. The Morgan fingerprint density at radius 3 is 1.94 bits per heavy atom. The molecule has 1 aliphatic heterocycles. The van der Waals surface area contributed by atoms with Crippen molar-refractivity contribution in [2.24, 2.45) is 0 Å². The van der Waals surface area contributed by atoms with Gasteiger partial charge >= 0.3 is 0 Å². The van der Waals surface area contributed by atoms with E-state index in [-0.39, 0.29) is 11.8 Å². The Morgan fingerprint density at radius 1 is 0.667 bits per heavy atom. The second kappa shape index (κ2) is 10.5. The van der Waals surface area contributed by atoms with Crippen LogP contribution in [-0.4, -0.2) is 29.9 Å². The molecule has 0 fully saturated rings. The molecule has 3 aromatic rings. The summed E-state index contributed by atoms with van der Waals surface area (Å²) in [6, 6.07) is 21.9. The maximum atomic E-state index is 12.5. The minimum Gasteiger partial charge on any atom is -0.493 e. The van der Waals surface area contributed by atoms with E-state index in [9.17, 15) is 9.59 Å². The van der Waals surface area contributed by atoms with Crippen LogP contribution < -0.4 is 4.74 Å². The molecule has 33 heavy (non-hydrogen) atoms. The molecule has 170 valence electrons. The number of hydrogen-bond donors (Lipinski definition) is 0. The van der Waals surface area contributed by atoms with E-state index in [0.29, 0.717) is 24.3 Å². The van der Waals surface area contributed by atoms with Crippen LogP contribution in [0.5, 0.6) is 5.75 Å². The van der Waals surface area contributed by atoms with Crippen LogP contribution in [0.4, 0.5) is 0 Å². The lowest BCUT2D eigenvalue weighted by Gasteiger charge is -2.18. The standard InChI is InChI=1S/C29H31NO3/c1-3-21-13-6-7-15-23(21)27-22(4-2)14-12-18-26(27)33-20-11-5-10-19-30-28(31)24-16-8-9-17-25(24)29(30)32/h6-9,12-18H,3-5,10-11,19-20H2,1-2H3. The van der Waals surface area contributed by atoms with Crippen molar-refractivity contribution in [3.63, 3.8) is 0 Å². The molecular weight excluding hydrogens is 410 g/mol. The fourth-order valence-corrected chi connectivity index (χ4v) is 4.54. The van der Waals surface area contributed by atoms with Crippen LogP contribution in [0.3, 0.4) is 0 Å². The summed E-state index contributed by atoms with van der Waals surface area (Å²) in [4.78, 5) is 26.3. The minimum absolute atomic E-state index is 0.178. The summed E-state index contributed by atoms with van der Waals surface area (Å²) < 4.78 is 6.25. The average molecular weight is 442 g/mol. The largest absolute Gasteiger partial charge is 0.493 e. The van der Waals surface area contributed by atoms with Crippen molar-refractivity contribution in [3.05, 3.63) is 89.0 Å².